The van der Waals surface area contributed by atoms with Crippen molar-refractivity contribution < 1.29 is 19.0 Å². The van der Waals surface area contributed by atoms with Gasteiger partial charge >= 0.3 is 5.97 Å². The minimum atomic E-state index is -0.643. The molecule has 0 N–H and O–H groups in total. The summed E-state index contributed by atoms with van der Waals surface area (Å²) >= 11 is 0. The maximum atomic E-state index is 11.9. The molecule has 0 aliphatic heterocycles. The van der Waals surface area contributed by atoms with Crippen LogP contribution in [-0.2, 0) is 9.78 Å². The highest BCUT2D eigenvalue weighted by Crippen LogP contribution is 2.23. The summed E-state index contributed by atoms with van der Waals surface area (Å²) in [5.41, 5.74) is 1.06. The van der Waals surface area contributed by atoms with E-state index in [1.807, 2.05) is 6.07 Å². The first-order valence-electron chi connectivity index (χ1n) is 7.07. The van der Waals surface area contributed by atoms with Crippen molar-refractivity contribution in [1.82, 2.24) is 0 Å². The number of fused-ring (bicyclic) bond motifs is 1. The van der Waals surface area contributed by atoms with Crippen molar-refractivity contribution in [2.45, 2.75) is 38.2 Å². The molecule has 0 radical (unpaired) electrons. The Morgan fingerprint density at radius 1 is 1.24 bits per heavy atom. The highest BCUT2D eigenvalue weighted by atomic mass is 17.2. The fourth-order valence-corrected chi connectivity index (χ4v) is 2.53. The number of furan rings is 1. The summed E-state index contributed by atoms with van der Waals surface area (Å²) in [4.78, 5) is 21.9. The first-order valence-corrected chi connectivity index (χ1v) is 7.07. The van der Waals surface area contributed by atoms with Gasteiger partial charge in [0.25, 0.3) is 0 Å². The van der Waals surface area contributed by atoms with Gasteiger partial charge in [-0.15, -0.1) is 0 Å². The topological polar surface area (TPSA) is 72.5 Å². The van der Waals surface area contributed by atoms with E-state index in [-0.39, 0.29) is 11.9 Å². The molecule has 0 amide bonds. The third-order valence-corrected chi connectivity index (χ3v) is 3.66. The van der Waals surface area contributed by atoms with Gasteiger partial charge in [-0.1, -0.05) is 19.3 Å². The van der Waals surface area contributed by atoms with Crippen molar-refractivity contribution in [3.8, 4) is 6.07 Å². The van der Waals surface area contributed by atoms with E-state index in [0.29, 0.717) is 16.5 Å². The van der Waals surface area contributed by atoms with Crippen LogP contribution in [0, 0.1) is 11.3 Å². The standard InChI is InChI=1S/C16H15NO4/c17-10-11-6-7-14-12(8-11)9-15(19-14)16(18)21-20-13-4-2-1-3-5-13/h6-9,13H,1-5H2. The monoisotopic (exact) mass is 285 g/mol. The van der Waals surface area contributed by atoms with Gasteiger partial charge in [0.15, 0.2) is 0 Å². The van der Waals surface area contributed by atoms with E-state index in [1.54, 1.807) is 24.3 Å². The van der Waals surface area contributed by atoms with Gasteiger partial charge in [0, 0.05) is 5.39 Å². The van der Waals surface area contributed by atoms with E-state index >= 15 is 0 Å². The van der Waals surface area contributed by atoms with E-state index in [1.165, 1.54) is 6.42 Å². The molecular weight excluding hydrogens is 270 g/mol. The number of carbonyl (C=O) groups is 1. The summed E-state index contributed by atoms with van der Waals surface area (Å²) in [6, 6.07) is 8.56. The SMILES string of the molecule is N#Cc1ccc2oc(C(=O)OOC3CCCCC3)cc2c1. The fraction of sp³-hybridized carbons (Fsp3) is 0.375. The molecule has 0 saturated heterocycles. The lowest BCUT2D eigenvalue weighted by atomic mass is 9.98. The number of nitriles is 1. The van der Waals surface area contributed by atoms with E-state index < -0.39 is 5.97 Å². The van der Waals surface area contributed by atoms with Crippen molar-refractivity contribution in [2.24, 2.45) is 0 Å². The second kappa shape index (κ2) is 5.98. The predicted molar refractivity (Wildman–Crippen MR) is 74.3 cm³/mol. The molecule has 0 atom stereocenters. The van der Waals surface area contributed by atoms with Crippen LogP contribution < -0.4 is 0 Å². The zero-order valence-corrected chi connectivity index (χ0v) is 11.5. The van der Waals surface area contributed by atoms with E-state index in [0.717, 1.165) is 25.7 Å². The van der Waals surface area contributed by atoms with Gasteiger partial charge in [-0.3, -0.25) is 4.89 Å². The molecule has 0 spiro atoms. The Hall–Kier alpha value is -2.32. The average Bonchev–Trinajstić information content (AvgIpc) is 2.96. The Balaban J connectivity index is 1.68. The van der Waals surface area contributed by atoms with Gasteiger partial charge in [-0.2, -0.15) is 10.1 Å². The third kappa shape index (κ3) is 3.06. The van der Waals surface area contributed by atoms with Crippen LogP contribution in [0.25, 0.3) is 11.0 Å². The number of hydrogen-bond donors (Lipinski definition) is 0. The summed E-state index contributed by atoms with van der Waals surface area (Å²) < 4.78 is 5.41. The summed E-state index contributed by atoms with van der Waals surface area (Å²) in [6.07, 6.45) is 5.22. The van der Waals surface area contributed by atoms with Crippen molar-refractivity contribution in [3.05, 3.63) is 35.6 Å². The number of hydrogen-bond acceptors (Lipinski definition) is 5. The minimum Gasteiger partial charge on any atom is -0.449 e. The van der Waals surface area contributed by atoms with Crippen LogP contribution in [0.2, 0.25) is 0 Å². The van der Waals surface area contributed by atoms with Gasteiger partial charge in [0.1, 0.15) is 11.7 Å². The van der Waals surface area contributed by atoms with Crippen LogP contribution >= 0.6 is 0 Å². The highest BCUT2D eigenvalue weighted by molar-refractivity contribution is 5.92. The van der Waals surface area contributed by atoms with Crippen LogP contribution in [0.3, 0.4) is 0 Å². The molecule has 5 nitrogen and oxygen atoms in total. The molecule has 1 aromatic heterocycles. The number of nitrogens with zero attached hydrogens (tertiary/aromatic N) is 1. The fourth-order valence-electron chi connectivity index (χ4n) is 2.53. The second-order valence-corrected chi connectivity index (χ2v) is 5.20. The normalized spacial score (nSPS) is 15.8. The van der Waals surface area contributed by atoms with Gasteiger partial charge in [0.05, 0.1) is 11.6 Å². The van der Waals surface area contributed by atoms with Gasteiger partial charge in [0.2, 0.25) is 5.76 Å². The van der Waals surface area contributed by atoms with Crippen molar-refractivity contribution in [3.63, 3.8) is 0 Å². The first-order chi connectivity index (χ1) is 10.3. The second-order valence-electron chi connectivity index (χ2n) is 5.20. The molecule has 108 valence electrons. The first kappa shape index (κ1) is 13.7. The molecule has 0 bridgehead atoms. The van der Waals surface area contributed by atoms with Crippen LogP contribution in [-0.4, -0.2) is 12.1 Å². The zero-order valence-electron chi connectivity index (χ0n) is 11.5. The van der Waals surface area contributed by atoms with Crippen molar-refractivity contribution in [1.29, 1.82) is 5.26 Å². The summed E-state index contributed by atoms with van der Waals surface area (Å²) in [5, 5.41) is 9.54. The number of carbonyl (C=O) groups excluding carboxylic acids is 1. The lowest BCUT2D eigenvalue weighted by molar-refractivity contribution is -0.280. The molecule has 1 aliphatic carbocycles. The third-order valence-electron chi connectivity index (χ3n) is 3.66. The molecule has 5 heteroatoms. The quantitative estimate of drug-likeness (QED) is 0.634. The Morgan fingerprint density at radius 2 is 2.05 bits per heavy atom. The van der Waals surface area contributed by atoms with Gasteiger partial charge in [-0.25, -0.2) is 4.79 Å². The molecule has 2 aromatic rings. The molecule has 1 aromatic carbocycles. The Bertz CT molecular complexity index is 692. The minimum absolute atomic E-state index is 0.0164. The van der Waals surface area contributed by atoms with E-state index in [4.69, 9.17) is 19.5 Å². The lowest BCUT2D eigenvalue weighted by Gasteiger charge is -2.19. The largest absolute Gasteiger partial charge is 0.449 e. The van der Waals surface area contributed by atoms with Crippen LogP contribution in [0.4, 0.5) is 0 Å². The number of benzene rings is 1. The molecule has 21 heavy (non-hydrogen) atoms. The lowest BCUT2D eigenvalue weighted by Crippen LogP contribution is -2.19. The molecular formula is C16H15NO4. The van der Waals surface area contributed by atoms with Crippen LogP contribution in [0.5, 0.6) is 0 Å². The molecule has 1 aliphatic rings. The van der Waals surface area contributed by atoms with Crippen LogP contribution in [0.1, 0.15) is 48.2 Å². The summed E-state index contributed by atoms with van der Waals surface area (Å²) in [5.74, 6) is -0.564. The van der Waals surface area contributed by atoms with E-state index in [2.05, 4.69) is 0 Å². The Labute approximate surface area is 122 Å². The molecule has 1 saturated carbocycles. The summed E-state index contributed by atoms with van der Waals surface area (Å²) in [6.45, 7) is 0. The van der Waals surface area contributed by atoms with Gasteiger partial charge in [-0.05, 0) is 37.1 Å². The maximum absolute atomic E-state index is 11.9. The van der Waals surface area contributed by atoms with Gasteiger partial charge < -0.3 is 4.42 Å². The molecule has 3 rings (SSSR count). The highest BCUT2D eigenvalue weighted by Gasteiger charge is 2.20. The number of rotatable bonds is 3. The molecule has 1 fully saturated rings. The zero-order chi connectivity index (χ0) is 14.7. The molecule has 0 unspecified atom stereocenters. The average molecular weight is 285 g/mol. The predicted octanol–water partition coefficient (Wildman–Crippen LogP) is 3.73. The van der Waals surface area contributed by atoms with Crippen molar-refractivity contribution in [2.75, 3.05) is 0 Å². The summed E-state index contributed by atoms with van der Waals surface area (Å²) in [7, 11) is 0. The maximum Gasteiger partial charge on any atom is 0.407 e. The van der Waals surface area contributed by atoms with Crippen LogP contribution in [0.15, 0.2) is 28.7 Å². The van der Waals surface area contributed by atoms with E-state index in [9.17, 15) is 4.79 Å². The van der Waals surface area contributed by atoms with Crippen molar-refractivity contribution >= 4 is 16.9 Å². The smallest absolute Gasteiger partial charge is 0.407 e. The Morgan fingerprint density at radius 3 is 2.81 bits per heavy atom. The Kier molecular flexibility index (Phi) is 3.89. The molecule has 1 heterocycles.